The zero-order valence-electron chi connectivity index (χ0n) is 13.0. The maximum atomic E-state index is 12.2. The molecule has 0 spiro atoms. The van der Waals surface area contributed by atoms with Gasteiger partial charge in [-0.05, 0) is 24.5 Å². The number of carboxylic acid groups (broad SMARTS) is 1. The fourth-order valence-electron chi connectivity index (χ4n) is 2.88. The van der Waals surface area contributed by atoms with Crippen molar-refractivity contribution in [3.63, 3.8) is 0 Å². The second-order valence-corrected chi connectivity index (χ2v) is 6.74. The molecule has 22 heavy (non-hydrogen) atoms. The molecule has 0 unspecified atom stereocenters. The third-order valence-corrected chi connectivity index (χ3v) is 5.21. The zero-order valence-corrected chi connectivity index (χ0v) is 13.8. The minimum Gasteiger partial charge on any atom is -0.478 e. The fourth-order valence-corrected chi connectivity index (χ4v) is 3.83. The number of carboxylic acids is 1. The molecule has 0 radical (unpaired) electrons. The van der Waals surface area contributed by atoms with Crippen molar-refractivity contribution in [2.45, 2.75) is 43.9 Å². The van der Waals surface area contributed by atoms with Gasteiger partial charge >= 0.3 is 5.97 Å². The second-order valence-electron chi connectivity index (χ2n) is 5.75. The SMILES string of the molecule is CN(C(=O)CSCc1ccccc1C(=O)O)C1CCCCC1. The van der Waals surface area contributed by atoms with E-state index in [9.17, 15) is 9.59 Å². The fraction of sp³-hybridized carbons (Fsp3) is 0.529. The third kappa shape index (κ3) is 4.50. The summed E-state index contributed by atoms with van der Waals surface area (Å²) in [6, 6.07) is 7.35. The van der Waals surface area contributed by atoms with E-state index in [0.29, 0.717) is 23.1 Å². The van der Waals surface area contributed by atoms with Crippen LogP contribution in [0.15, 0.2) is 24.3 Å². The summed E-state index contributed by atoms with van der Waals surface area (Å²) < 4.78 is 0. The summed E-state index contributed by atoms with van der Waals surface area (Å²) in [5, 5.41) is 9.15. The Balaban J connectivity index is 1.83. The van der Waals surface area contributed by atoms with Crippen molar-refractivity contribution in [3.05, 3.63) is 35.4 Å². The lowest BCUT2D eigenvalue weighted by Crippen LogP contribution is -2.39. The molecule has 1 aromatic carbocycles. The summed E-state index contributed by atoms with van der Waals surface area (Å²) in [6.07, 6.45) is 5.91. The molecule has 120 valence electrons. The molecule has 1 fully saturated rings. The second kappa shape index (κ2) is 8.22. The molecule has 0 aromatic heterocycles. The van der Waals surface area contributed by atoms with E-state index in [1.807, 2.05) is 24.1 Å². The Hall–Kier alpha value is -1.49. The van der Waals surface area contributed by atoms with Crippen molar-refractivity contribution >= 4 is 23.6 Å². The largest absolute Gasteiger partial charge is 0.478 e. The molecular formula is C17H23NO3S. The molecule has 5 heteroatoms. The van der Waals surface area contributed by atoms with E-state index in [2.05, 4.69) is 0 Å². The summed E-state index contributed by atoms with van der Waals surface area (Å²) in [5.74, 6) is 0.180. The van der Waals surface area contributed by atoms with E-state index in [1.54, 1.807) is 12.1 Å². The Bertz CT molecular complexity index is 526. The molecule has 1 aliphatic carbocycles. The number of hydrogen-bond donors (Lipinski definition) is 1. The first-order chi connectivity index (χ1) is 10.6. The van der Waals surface area contributed by atoms with Crippen molar-refractivity contribution in [1.82, 2.24) is 4.90 Å². The van der Waals surface area contributed by atoms with Crippen LogP contribution in [0.5, 0.6) is 0 Å². The molecule has 0 bridgehead atoms. The first-order valence-corrected chi connectivity index (χ1v) is 8.89. The summed E-state index contributed by atoms with van der Waals surface area (Å²) in [6.45, 7) is 0. The van der Waals surface area contributed by atoms with E-state index < -0.39 is 5.97 Å². The lowest BCUT2D eigenvalue weighted by molar-refractivity contribution is -0.129. The van der Waals surface area contributed by atoms with Crippen molar-refractivity contribution in [1.29, 1.82) is 0 Å². The van der Waals surface area contributed by atoms with Crippen LogP contribution in [0, 0.1) is 0 Å². The Kier molecular flexibility index (Phi) is 6.31. The van der Waals surface area contributed by atoms with Gasteiger partial charge in [-0.15, -0.1) is 11.8 Å². The third-order valence-electron chi connectivity index (χ3n) is 4.25. The predicted molar refractivity (Wildman–Crippen MR) is 89.2 cm³/mol. The van der Waals surface area contributed by atoms with Crippen LogP contribution in [0.25, 0.3) is 0 Å². The Morgan fingerprint density at radius 2 is 1.91 bits per heavy atom. The molecule has 1 aromatic rings. The molecule has 0 saturated heterocycles. The van der Waals surface area contributed by atoms with Crippen LogP contribution in [-0.4, -0.2) is 40.7 Å². The van der Waals surface area contributed by atoms with Gasteiger partial charge in [-0.3, -0.25) is 4.79 Å². The van der Waals surface area contributed by atoms with E-state index in [1.165, 1.54) is 31.0 Å². The first kappa shape index (κ1) is 16.9. The topological polar surface area (TPSA) is 57.6 Å². The molecular weight excluding hydrogens is 298 g/mol. The number of aromatic carboxylic acids is 1. The van der Waals surface area contributed by atoms with Crippen molar-refractivity contribution in [2.75, 3.05) is 12.8 Å². The average Bonchev–Trinajstić information content (AvgIpc) is 2.55. The molecule has 0 atom stereocenters. The highest BCUT2D eigenvalue weighted by Crippen LogP contribution is 2.23. The van der Waals surface area contributed by atoms with Gasteiger partial charge in [-0.1, -0.05) is 37.5 Å². The van der Waals surface area contributed by atoms with Crippen LogP contribution in [0.2, 0.25) is 0 Å². The van der Waals surface area contributed by atoms with Gasteiger partial charge in [-0.25, -0.2) is 4.79 Å². The van der Waals surface area contributed by atoms with Gasteiger partial charge in [0.25, 0.3) is 0 Å². The highest BCUT2D eigenvalue weighted by atomic mass is 32.2. The van der Waals surface area contributed by atoms with Crippen molar-refractivity contribution < 1.29 is 14.7 Å². The van der Waals surface area contributed by atoms with Gasteiger partial charge in [0, 0.05) is 18.8 Å². The molecule has 0 aliphatic heterocycles. The molecule has 1 N–H and O–H groups in total. The summed E-state index contributed by atoms with van der Waals surface area (Å²) in [5.41, 5.74) is 1.09. The number of benzene rings is 1. The highest BCUT2D eigenvalue weighted by Gasteiger charge is 2.21. The predicted octanol–water partition coefficient (Wildman–Crippen LogP) is 3.41. The Morgan fingerprint density at radius 3 is 2.59 bits per heavy atom. The molecule has 1 aliphatic rings. The number of rotatable bonds is 6. The summed E-state index contributed by atoms with van der Waals surface area (Å²) >= 11 is 1.48. The molecule has 1 amide bonds. The van der Waals surface area contributed by atoms with Crippen LogP contribution >= 0.6 is 11.8 Å². The van der Waals surface area contributed by atoms with E-state index in [0.717, 1.165) is 18.4 Å². The maximum absolute atomic E-state index is 12.2. The van der Waals surface area contributed by atoms with E-state index >= 15 is 0 Å². The minimum atomic E-state index is -0.915. The normalized spacial score (nSPS) is 15.5. The van der Waals surface area contributed by atoms with E-state index in [-0.39, 0.29) is 5.91 Å². The average molecular weight is 321 g/mol. The Labute approximate surface area is 135 Å². The standard InChI is InChI=1S/C17H23NO3S/c1-18(14-8-3-2-4-9-14)16(19)12-22-11-13-7-5-6-10-15(13)17(20)21/h5-7,10,14H,2-4,8-9,11-12H2,1H3,(H,20,21). The Morgan fingerprint density at radius 1 is 1.23 bits per heavy atom. The van der Waals surface area contributed by atoms with Gasteiger partial charge in [0.05, 0.1) is 11.3 Å². The number of amides is 1. The van der Waals surface area contributed by atoms with E-state index in [4.69, 9.17) is 5.11 Å². The quantitative estimate of drug-likeness (QED) is 0.872. The highest BCUT2D eigenvalue weighted by molar-refractivity contribution is 7.99. The maximum Gasteiger partial charge on any atom is 0.335 e. The van der Waals surface area contributed by atoms with Crippen LogP contribution in [0.3, 0.4) is 0 Å². The number of carbonyl (C=O) groups is 2. The first-order valence-electron chi connectivity index (χ1n) is 7.74. The number of hydrogen-bond acceptors (Lipinski definition) is 3. The summed E-state index contributed by atoms with van der Waals surface area (Å²) in [4.78, 5) is 25.3. The molecule has 0 heterocycles. The number of thioether (sulfide) groups is 1. The zero-order chi connectivity index (χ0) is 15.9. The minimum absolute atomic E-state index is 0.143. The number of nitrogens with zero attached hydrogens (tertiary/aromatic N) is 1. The molecule has 1 saturated carbocycles. The molecule has 2 rings (SSSR count). The number of carbonyl (C=O) groups excluding carboxylic acids is 1. The van der Waals surface area contributed by atoms with Gasteiger partial charge < -0.3 is 10.0 Å². The van der Waals surface area contributed by atoms with Gasteiger partial charge in [0.15, 0.2) is 0 Å². The van der Waals surface area contributed by atoms with Crippen LogP contribution in [0.1, 0.15) is 48.0 Å². The lowest BCUT2D eigenvalue weighted by atomic mass is 9.94. The smallest absolute Gasteiger partial charge is 0.335 e. The van der Waals surface area contributed by atoms with Crippen LogP contribution in [0.4, 0.5) is 0 Å². The molecule has 4 nitrogen and oxygen atoms in total. The lowest BCUT2D eigenvalue weighted by Gasteiger charge is -2.31. The van der Waals surface area contributed by atoms with Crippen LogP contribution < -0.4 is 0 Å². The van der Waals surface area contributed by atoms with Crippen molar-refractivity contribution in [3.8, 4) is 0 Å². The van der Waals surface area contributed by atoms with Crippen LogP contribution in [-0.2, 0) is 10.5 Å². The van der Waals surface area contributed by atoms with Gasteiger partial charge in [0.1, 0.15) is 0 Å². The van der Waals surface area contributed by atoms with Gasteiger partial charge in [0.2, 0.25) is 5.91 Å². The summed E-state index contributed by atoms with van der Waals surface area (Å²) in [7, 11) is 1.89. The monoisotopic (exact) mass is 321 g/mol. The van der Waals surface area contributed by atoms with Crippen molar-refractivity contribution in [2.24, 2.45) is 0 Å². The van der Waals surface area contributed by atoms with Gasteiger partial charge in [-0.2, -0.15) is 0 Å².